The predicted octanol–water partition coefficient (Wildman–Crippen LogP) is 0.841. The van der Waals surface area contributed by atoms with E-state index in [1.807, 2.05) is 0 Å². The van der Waals surface area contributed by atoms with Crippen LogP contribution in [0.25, 0.3) is 0 Å². The number of carbonyl (C=O) groups is 2. The molecule has 6 heteroatoms. The van der Waals surface area contributed by atoms with Crippen molar-refractivity contribution in [2.75, 3.05) is 19.0 Å². The summed E-state index contributed by atoms with van der Waals surface area (Å²) >= 11 is 5.65. The maximum absolute atomic E-state index is 11.7. The molecule has 0 saturated carbocycles. The molecule has 5 nitrogen and oxygen atoms in total. The maximum atomic E-state index is 11.7. The zero-order chi connectivity index (χ0) is 13.7. The topological polar surface area (TPSA) is 86.6 Å². The lowest BCUT2D eigenvalue weighted by Gasteiger charge is -2.28. The van der Waals surface area contributed by atoms with E-state index in [1.54, 1.807) is 20.8 Å². The smallest absolute Gasteiger partial charge is 0.304 e. The number of halogens is 1. The van der Waals surface area contributed by atoms with Crippen LogP contribution in [-0.4, -0.2) is 41.1 Å². The van der Waals surface area contributed by atoms with E-state index in [2.05, 4.69) is 5.32 Å². The standard InChI is InChI=1S/C11H20ClNO4/c1-10(2,5-12)9(17)13-6-11(3,7-14)4-8(15)16/h14H,4-7H2,1-3H3,(H,13,17)(H,15,16). The maximum Gasteiger partial charge on any atom is 0.304 e. The Morgan fingerprint density at radius 2 is 1.82 bits per heavy atom. The average molecular weight is 266 g/mol. The highest BCUT2D eigenvalue weighted by atomic mass is 35.5. The van der Waals surface area contributed by atoms with Crippen molar-refractivity contribution in [3.63, 3.8) is 0 Å². The first kappa shape index (κ1) is 16.2. The van der Waals surface area contributed by atoms with Crippen LogP contribution < -0.4 is 5.32 Å². The Morgan fingerprint density at radius 3 is 2.18 bits per heavy atom. The first-order chi connectivity index (χ1) is 7.67. The highest BCUT2D eigenvalue weighted by Crippen LogP contribution is 2.21. The molecule has 1 unspecified atom stereocenters. The molecule has 1 amide bonds. The van der Waals surface area contributed by atoms with E-state index < -0.39 is 16.8 Å². The summed E-state index contributed by atoms with van der Waals surface area (Å²) in [4.78, 5) is 22.3. The summed E-state index contributed by atoms with van der Waals surface area (Å²) in [5.74, 6) is -1.09. The van der Waals surface area contributed by atoms with E-state index in [9.17, 15) is 9.59 Å². The molecule has 0 spiro atoms. The SMILES string of the molecule is CC(CO)(CNC(=O)C(C)(C)CCl)CC(=O)O. The van der Waals surface area contributed by atoms with Crippen molar-refractivity contribution in [2.24, 2.45) is 10.8 Å². The van der Waals surface area contributed by atoms with Crippen LogP contribution in [0.15, 0.2) is 0 Å². The van der Waals surface area contributed by atoms with Crippen molar-refractivity contribution in [2.45, 2.75) is 27.2 Å². The van der Waals surface area contributed by atoms with Crippen LogP contribution in [-0.2, 0) is 9.59 Å². The molecular weight excluding hydrogens is 246 g/mol. The second-order valence-corrected chi connectivity index (χ2v) is 5.51. The molecule has 100 valence electrons. The highest BCUT2D eigenvalue weighted by molar-refractivity contribution is 6.19. The van der Waals surface area contributed by atoms with Gasteiger partial charge < -0.3 is 15.5 Å². The lowest BCUT2D eigenvalue weighted by atomic mass is 9.87. The predicted molar refractivity (Wildman–Crippen MR) is 65.0 cm³/mol. The van der Waals surface area contributed by atoms with Gasteiger partial charge in [-0.05, 0) is 13.8 Å². The van der Waals surface area contributed by atoms with Crippen molar-refractivity contribution < 1.29 is 19.8 Å². The highest BCUT2D eigenvalue weighted by Gasteiger charge is 2.31. The third-order valence-electron chi connectivity index (χ3n) is 2.58. The van der Waals surface area contributed by atoms with E-state index in [4.69, 9.17) is 21.8 Å². The van der Waals surface area contributed by atoms with Gasteiger partial charge in [-0.3, -0.25) is 9.59 Å². The molecule has 0 radical (unpaired) electrons. The molecule has 0 rings (SSSR count). The summed E-state index contributed by atoms with van der Waals surface area (Å²) in [6, 6.07) is 0. The number of aliphatic hydroxyl groups excluding tert-OH is 1. The van der Waals surface area contributed by atoms with Gasteiger partial charge in [0.25, 0.3) is 0 Å². The number of aliphatic carboxylic acids is 1. The van der Waals surface area contributed by atoms with E-state index in [0.29, 0.717) is 0 Å². The quantitative estimate of drug-likeness (QED) is 0.596. The second kappa shape index (κ2) is 6.21. The average Bonchev–Trinajstić information content (AvgIpc) is 2.25. The molecule has 0 aliphatic rings. The zero-order valence-corrected chi connectivity index (χ0v) is 11.2. The summed E-state index contributed by atoms with van der Waals surface area (Å²) in [6.07, 6.45) is -0.203. The van der Waals surface area contributed by atoms with Gasteiger partial charge in [-0.25, -0.2) is 0 Å². The molecule has 0 bridgehead atoms. The Bertz CT molecular complexity index is 293. The zero-order valence-electron chi connectivity index (χ0n) is 10.4. The van der Waals surface area contributed by atoms with Crippen molar-refractivity contribution in [3.05, 3.63) is 0 Å². The normalized spacial score (nSPS) is 15.1. The minimum absolute atomic E-state index is 0.106. The number of nitrogens with one attached hydrogen (secondary N) is 1. The monoisotopic (exact) mass is 265 g/mol. The first-order valence-electron chi connectivity index (χ1n) is 5.34. The number of hydrogen-bond donors (Lipinski definition) is 3. The number of carboxylic acids is 1. The molecule has 3 N–H and O–H groups in total. The van der Waals surface area contributed by atoms with E-state index in [-0.39, 0.29) is 31.4 Å². The summed E-state index contributed by atoms with van der Waals surface area (Å²) in [6.45, 7) is 4.80. The minimum Gasteiger partial charge on any atom is -0.481 e. The van der Waals surface area contributed by atoms with Crippen LogP contribution in [0.1, 0.15) is 27.2 Å². The molecular formula is C11H20ClNO4. The molecule has 0 heterocycles. The Morgan fingerprint density at radius 1 is 1.29 bits per heavy atom. The van der Waals surface area contributed by atoms with Crippen molar-refractivity contribution in [1.29, 1.82) is 0 Å². The van der Waals surface area contributed by atoms with Crippen molar-refractivity contribution >= 4 is 23.5 Å². The van der Waals surface area contributed by atoms with Gasteiger partial charge in [0.15, 0.2) is 0 Å². The van der Waals surface area contributed by atoms with Crippen molar-refractivity contribution in [1.82, 2.24) is 5.32 Å². The van der Waals surface area contributed by atoms with Crippen LogP contribution in [0.4, 0.5) is 0 Å². The van der Waals surface area contributed by atoms with E-state index in [0.717, 1.165) is 0 Å². The van der Waals surface area contributed by atoms with Gasteiger partial charge in [-0.15, -0.1) is 11.6 Å². The Labute approximate surface area is 106 Å². The fourth-order valence-corrected chi connectivity index (χ4v) is 1.25. The number of hydrogen-bond acceptors (Lipinski definition) is 3. The van der Waals surface area contributed by atoms with E-state index in [1.165, 1.54) is 0 Å². The lowest BCUT2D eigenvalue weighted by Crippen LogP contribution is -2.45. The Balaban J connectivity index is 4.43. The summed E-state index contributed by atoms with van der Waals surface area (Å²) in [5, 5.41) is 20.5. The van der Waals surface area contributed by atoms with Crippen LogP contribution in [0.3, 0.4) is 0 Å². The molecule has 0 aromatic rings. The largest absolute Gasteiger partial charge is 0.481 e. The number of carboxylic acid groups (broad SMARTS) is 1. The summed E-state index contributed by atoms with van der Waals surface area (Å²) in [5.41, 5.74) is -1.56. The van der Waals surface area contributed by atoms with Gasteiger partial charge in [-0.2, -0.15) is 0 Å². The number of aliphatic hydroxyl groups is 1. The van der Waals surface area contributed by atoms with Gasteiger partial charge >= 0.3 is 5.97 Å². The Hall–Kier alpha value is -0.810. The molecule has 0 aliphatic carbocycles. The molecule has 0 saturated heterocycles. The summed E-state index contributed by atoms with van der Waals surface area (Å²) < 4.78 is 0. The van der Waals surface area contributed by atoms with Gasteiger partial charge in [0.2, 0.25) is 5.91 Å². The van der Waals surface area contributed by atoms with Gasteiger partial charge in [0, 0.05) is 17.8 Å². The van der Waals surface area contributed by atoms with Crippen LogP contribution >= 0.6 is 11.6 Å². The molecule has 17 heavy (non-hydrogen) atoms. The van der Waals surface area contributed by atoms with Crippen molar-refractivity contribution in [3.8, 4) is 0 Å². The van der Waals surface area contributed by atoms with Crippen LogP contribution in [0.5, 0.6) is 0 Å². The lowest BCUT2D eigenvalue weighted by molar-refractivity contribution is -0.141. The second-order valence-electron chi connectivity index (χ2n) is 5.24. The van der Waals surface area contributed by atoms with Crippen LogP contribution in [0, 0.1) is 10.8 Å². The molecule has 1 atom stereocenters. The number of alkyl halides is 1. The summed E-state index contributed by atoms with van der Waals surface area (Å²) in [7, 11) is 0. The van der Waals surface area contributed by atoms with Crippen LogP contribution in [0.2, 0.25) is 0 Å². The van der Waals surface area contributed by atoms with E-state index >= 15 is 0 Å². The fourth-order valence-electron chi connectivity index (χ4n) is 1.13. The van der Waals surface area contributed by atoms with Gasteiger partial charge in [0.05, 0.1) is 18.4 Å². The number of amides is 1. The third kappa shape index (κ3) is 5.37. The third-order valence-corrected chi connectivity index (χ3v) is 3.25. The van der Waals surface area contributed by atoms with Gasteiger partial charge in [0.1, 0.15) is 0 Å². The minimum atomic E-state index is -1.01. The molecule has 0 aromatic heterocycles. The first-order valence-corrected chi connectivity index (χ1v) is 5.87. The van der Waals surface area contributed by atoms with Gasteiger partial charge in [-0.1, -0.05) is 6.92 Å². The molecule has 0 fully saturated rings. The molecule has 0 aromatic carbocycles. The fraction of sp³-hybridized carbons (Fsp3) is 0.818. The molecule has 0 aliphatic heterocycles. The number of rotatable bonds is 7. The number of carbonyl (C=O) groups excluding carboxylic acids is 1. The Kier molecular flexibility index (Phi) is 5.92.